The first-order valence-corrected chi connectivity index (χ1v) is 9.41. The van der Waals surface area contributed by atoms with Gasteiger partial charge in [-0.15, -0.1) is 0 Å². The molecule has 1 aromatic heterocycles. The topological polar surface area (TPSA) is 57.3 Å². The molecule has 5 nitrogen and oxygen atoms in total. The maximum Gasteiger partial charge on any atom is 0.414 e. The van der Waals surface area contributed by atoms with E-state index in [9.17, 15) is 18.0 Å². The van der Waals surface area contributed by atoms with Crippen LogP contribution in [0.2, 0.25) is 5.02 Å². The van der Waals surface area contributed by atoms with Gasteiger partial charge in [-0.1, -0.05) is 41.9 Å². The second-order valence-corrected chi connectivity index (χ2v) is 7.05. The number of aromatic nitrogens is 1. The number of pyridine rings is 1. The molecule has 0 fully saturated rings. The van der Waals surface area contributed by atoms with Crippen LogP contribution in [0.15, 0.2) is 84.5 Å². The molecule has 2 aliphatic rings. The largest absolute Gasteiger partial charge is 0.414 e. The lowest BCUT2D eigenvalue weighted by Crippen LogP contribution is -2.41. The van der Waals surface area contributed by atoms with Crippen LogP contribution in [0.3, 0.4) is 0 Å². The Balaban J connectivity index is 1.65. The highest BCUT2D eigenvalue weighted by Crippen LogP contribution is 2.37. The van der Waals surface area contributed by atoms with Gasteiger partial charge in [0.25, 0.3) is 5.91 Å². The predicted molar refractivity (Wildman–Crippen MR) is 106 cm³/mol. The maximum atomic E-state index is 13.6. The van der Waals surface area contributed by atoms with Gasteiger partial charge < -0.3 is 15.5 Å². The van der Waals surface area contributed by atoms with Crippen LogP contribution in [0.25, 0.3) is 0 Å². The van der Waals surface area contributed by atoms with Crippen molar-refractivity contribution < 1.29 is 18.0 Å². The molecule has 0 saturated heterocycles. The fourth-order valence-electron chi connectivity index (χ4n) is 3.35. The summed E-state index contributed by atoms with van der Waals surface area (Å²) in [7, 11) is 0. The quantitative estimate of drug-likeness (QED) is 0.754. The van der Waals surface area contributed by atoms with Crippen LogP contribution in [0.5, 0.6) is 0 Å². The average Bonchev–Trinajstić information content (AvgIpc) is 3.12. The number of benzene rings is 1. The standard InChI is InChI=1S/C21H16ClF3N4O/c22-14-8-2-1-7-13(14)19-27-17(16-10-4-6-12-29(16)19)20(30)28-18(21(23,24)25)15-9-3-5-11-26-15/h1-12,18-19,27H,(H,28,30). The first-order chi connectivity index (χ1) is 14.4. The summed E-state index contributed by atoms with van der Waals surface area (Å²) in [5.41, 5.74) is 0.865. The zero-order chi connectivity index (χ0) is 21.3. The van der Waals surface area contributed by atoms with Crippen LogP contribution in [0, 0.1) is 0 Å². The van der Waals surface area contributed by atoms with Crippen LogP contribution in [-0.2, 0) is 4.79 Å². The van der Waals surface area contributed by atoms with E-state index < -0.39 is 24.3 Å². The third-order valence-corrected chi connectivity index (χ3v) is 5.06. The van der Waals surface area contributed by atoms with E-state index in [4.69, 9.17) is 11.6 Å². The Labute approximate surface area is 175 Å². The Bertz CT molecular complexity index is 1050. The van der Waals surface area contributed by atoms with E-state index >= 15 is 0 Å². The lowest BCUT2D eigenvalue weighted by Gasteiger charge is -2.26. The normalized spacial score (nSPS) is 18.8. The second kappa shape index (κ2) is 7.87. The summed E-state index contributed by atoms with van der Waals surface area (Å²) >= 11 is 6.30. The Morgan fingerprint density at radius 2 is 1.93 bits per heavy atom. The van der Waals surface area contributed by atoms with Crippen molar-refractivity contribution in [1.29, 1.82) is 0 Å². The summed E-state index contributed by atoms with van der Waals surface area (Å²) in [4.78, 5) is 18.4. The monoisotopic (exact) mass is 432 g/mol. The van der Waals surface area contributed by atoms with Crippen molar-refractivity contribution in [3.05, 3.63) is 101 Å². The number of rotatable bonds is 4. The number of hydrogen-bond donors (Lipinski definition) is 2. The first kappa shape index (κ1) is 20.0. The third kappa shape index (κ3) is 3.78. The summed E-state index contributed by atoms with van der Waals surface area (Å²) in [6.45, 7) is 0. The van der Waals surface area contributed by atoms with Crippen molar-refractivity contribution in [2.24, 2.45) is 0 Å². The zero-order valence-electron chi connectivity index (χ0n) is 15.4. The molecule has 0 saturated carbocycles. The Morgan fingerprint density at radius 1 is 1.17 bits per heavy atom. The van der Waals surface area contributed by atoms with Crippen molar-refractivity contribution in [3.8, 4) is 0 Å². The summed E-state index contributed by atoms with van der Waals surface area (Å²) in [6.07, 6.45) is 2.86. The summed E-state index contributed by atoms with van der Waals surface area (Å²) in [5.74, 6) is -0.891. The lowest BCUT2D eigenvalue weighted by molar-refractivity contribution is -0.163. The van der Waals surface area contributed by atoms with Crippen LogP contribution in [-0.4, -0.2) is 22.0 Å². The van der Waals surface area contributed by atoms with Gasteiger partial charge in [0.2, 0.25) is 0 Å². The Kier molecular flexibility index (Phi) is 5.26. The number of carbonyl (C=O) groups excluding carboxylic acids is 1. The SMILES string of the molecule is O=C(NC(c1ccccn1)C(F)(F)F)C1=C2C=CC=CN2C(c2ccccc2Cl)N1. The molecular weight excluding hydrogens is 417 g/mol. The summed E-state index contributed by atoms with van der Waals surface area (Å²) < 4.78 is 40.9. The van der Waals surface area contributed by atoms with E-state index in [2.05, 4.69) is 15.6 Å². The third-order valence-electron chi connectivity index (χ3n) is 4.72. The van der Waals surface area contributed by atoms with Crippen molar-refractivity contribution in [3.63, 3.8) is 0 Å². The number of allylic oxidation sites excluding steroid dienone is 3. The van der Waals surface area contributed by atoms with Gasteiger partial charge in [0.15, 0.2) is 6.04 Å². The minimum absolute atomic E-state index is 0.0192. The van der Waals surface area contributed by atoms with Gasteiger partial charge in [-0.25, -0.2) is 0 Å². The Hall–Kier alpha value is -3.26. The number of nitrogens with one attached hydrogen (secondary N) is 2. The molecule has 0 spiro atoms. The molecule has 0 radical (unpaired) electrons. The molecule has 154 valence electrons. The minimum Gasteiger partial charge on any atom is -0.355 e. The van der Waals surface area contributed by atoms with E-state index in [1.807, 2.05) is 0 Å². The van der Waals surface area contributed by atoms with Gasteiger partial charge in [-0.3, -0.25) is 9.78 Å². The average molecular weight is 433 g/mol. The van der Waals surface area contributed by atoms with E-state index in [0.717, 1.165) is 0 Å². The summed E-state index contributed by atoms with van der Waals surface area (Å²) in [5, 5.41) is 5.56. The van der Waals surface area contributed by atoms with E-state index in [0.29, 0.717) is 16.3 Å². The van der Waals surface area contributed by atoms with Crippen molar-refractivity contribution in [1.82, 2.24) is 20.5 Å². The first-order valence-electron chi connectivity index (χ1n) is 9.03. The molecule has 0 bridgehead atoms. The molecule has 2 N–H and O–H groups in total. The molecule has 3 heterocycles. The summed E-state index contributed by atoms with van der Waals surface area (Å²) in [6, 6.07) is 9.00. The number of halogens is 4. The molecule has 2 unspecified atom stereocenters. The van der Waals surface area contributed by atoms with E-state index in [-0.39, 0.29) is 11.4 Å². The fraction of sp³-hybridized carbons (Fsp3) is 0.143. The van der Waals surface area contributed by atoms with Crippen LogP contribution >= 0.6 is 11.6 Å². The number of fused-ring (bicyclic) bond motifs is 1. The molecule has 2 aliphatic heterocycles. The van der Waals surface area contributed by atoms with Crippen LogP contribution in [0.1, 0.15) is 23.5 Å². The molecule has 30 heavy (non-hydrogen) atoms. The molecule has 2 atom stereocenters. The smallest absolute Gasteiger partial charge is 0.355 e. The van der Waals surface area contributed by atoms with E-state index in [1.165, 1.54) is 24.4 Å². The lowest BCUT2D eigenvalue weighted by atomic mass is 10.1. The second-order valence-electron chi connectivity index (χ2n) is 6.64. The highest BCUT2D eigenvalue weighted by atomic mass is 35.5. The van der Waals surface area contributed by atoms with Crippen molar-refractivity contribution in [2.75, 3.05) is 0 Å². The predicted octanol–water partition coefficient (Wildman–Crippen LogP) is 4.35. The number of alkyl halides is 3. The zero-order valence-corrected chi connectivity index (χ0v) is 16.2. The minimum atomic E-state index is -4.71. The maximum absolute atomic E-state index is 13.6. The van der Waals surface area contributed by atoms with Crippen LogP contribution < -0.4 is 10.6 Å². The number of nitrogens with zero attached hydrogens (tertiary/aromatic N) is 2. The number of carbonyl (C=O) groups is 1. The fourth-order valence-corrected chi connectivity index (χ4v) is 3.59. The molecular formula is C21H16ClF3N4O. The van der Waals surface area contributed by atoms with Gasteiger partial charge in [-0.2, -0.15) is 13.2 Å². The van der Waals surface area contributed by atoms with Crippen molar-refractivity contribution in [2.45, 2.75) is 18.4 Å². The van der Waals surface area contributed by atoms with Gasteiger partial charge in [-0.05, 0) is 30.4 Å². The van der Waals surface area contributed by atoms with Gasteiger partial charge in [0.1, 0.15) is 11.9 Å². The number of amides is 1. The molecule has 1 amide bonds. The molecule has 2 aromatic rings. The van der Waals surface area contributed by atoms with Crippen molar-refractivity contribution >= 4 is 17.5 Å². The number of hydrogen-bond acceptors (Lipinski definition) is 4. The Morgan fingerprint density at radius 3 is 2.63 bits per heavy atom. The van der Waals surface area contributed by atoms with Gasteiger partial charge >= 0.3 is 6.18 Å². The molecule has 0 aliphatic carbocycles. The molecule has 1 aromatic carbocycles. The highest BCUT2D eigenvalue weighted by molar-refractivity contribution is 6.31. The van der Waals surface area contributed by atoms with Crippen LogP contribution in [0.4, 0.5) is 13.2 Å². The molecule has 4 rings (SSSR count). The molecule has 9 heteroatoms. The van der Waals surface area contributed by atoms with Gasteiger partial charge in [0.05, 0.1) is 11.4 Å². The van der Waals surface area contributed by atoms with E-state index in [1.54, 1.807) is 53.6 Å². The highest BCUT2D eigenvalue weighted by Gasteiger charge is 2.44. The van der Waals surface area contributed by atoms with Gasteiger partial charge in [0, 0.05) is 23.0 Å².